The average molecular weight is 268 g/mol. The van der Waals surface area contributed by atoms with Crippen LogP contribution in [0.3, 0.4) is 0 Å². The van der Waals surface area contributed by atoms with E-state index in [0.717, 1.165) is 19.6 Å². The van der Waals surface area contributed by atoms with Gasteiger partial charge in [-0.1, -0.05) is 0 Å². The third-order valence-corrected chi connectivity index (χ3v) is 5.02. The lowest BCUT2D eigenvalue weighted by Crippen LogP contribution is -2.57. The van der Waals surface area contributed by atoms with Crippen LogP contribution in [0.15, 0.2) is 11.4 Å². The summed E-state index contributed by atoms with van der Waals surface area (Å²) in [5.41, 5.74) is 7.43. The molecule has 2 heterocycles. The maximum Gasteiger partial charge on any atom is 0.0660 e. The Morgan fingerprint density at radius 1 is 1.61 bits per heavy atom. The van der Waals surface area contributed by atoms with E-state index in [4.69, 9.17) is 10.5 Å². The second-order valence-corrected chi connectivity index (χ2v) is 6.26. The fourth-order valence-electron chi connectivity index (χ4n) is 2.83. The number of fused-ring (bicyclic) bond motifs is 1. The molecule has 0 saturated carbocycles. The molecule has 3 nitrogen and oxygen atoms in total. The Bertz CT molecular complexity index is 393. The summed E-state index contributed by atoms with van der Waals surface area (Å²) in [7, 11) is 0. The highest BCUT2D eigenvalue weighted by atomic mass is 32.1. The van der Waals surface area contributed by atoms with Crippen molar-refractivity contribution in [2.75, 3.05) is 26.3 Å². The first-order valence-corrected chi connectivity index (χ1v) is 7.61. The van der Waals surface area contributed by atoms with E-state index < -0.39 is 0 Å². The van der Waals surface area contributed by atoms with E-state index >= 15 is 0 Å². The quantitative estimate of drug-likeness (QED) is 0.891. The molecule has 102 valence electrons. The number of rotatable bonds is 5. The van der Waals surface area contributed by atoms with Gasteiger partial charge in [-0.2, -0.15) is 0 Å². The molecule has 4 heteroatoms. The first kappa shape index (κ1) is 14.0. The molecule has 0 aromatic carbocycles. The maximum absolute atomic E-state index is 6.02. The summed E-state index contributed by atoms with van der Waals surface area (Å²) in [6, 6.07) is 2.70. The summed E-state index contributed by atoms with van der Waals surface area (Å²) in [5.74, 6) is 0. The number of hydrogen-bond donors (Lipinski definition) is 1. The van der Waals surface area contributed by atoms with Crippen LogP contribution in [0.25, 0.3) is 0 Å². The van der Waals surface area contributed by atoms with Crippen molar-refractivity contribution >= 4 is 11.3 Å². The predicted octanol–water partition coefficient (Wildman–Crippen LogP) is 2.42. The van der Waals surface area contributed by atoms with E-state index in [1.807, 2.05) is 18.3 Å². The topological polar surface area (TPSA) is 38.5 Å². The van der Waals surface area contributed by atoms with Crippen LogP contribution in [-0.4, -0.2) is 36.7 Å². The maximum atomic E-state index is 6.02. The zero-order chi connectivity index (χ0) is 13.2. The lowest BCUT2D eigenvalue weighted by molar-refractivity contribution is -0.0138. The number of ether oxygens (including phenoxy) is 1. The van der Waals surface area contributed by atoms with Gasteiger partial charge in [0.15, 0.2) is 0 Å². The van der Waals surface area contributed by atoms with Crippen LogP contribution in [0.1, 0.15) is 37.3 Å². The normalized spacial score (nSPS) is 23.7. The molecule has 2 unspecified atom stereocenters. The Morgan fingerprint density at radius 3 is 3.06 bits per heavy atom. The van der Waals surface area contributed by atoms with E-state index in [9.17, 15) is 0 Å². The third kappa shape index (κ3) is 2.48. The molecule has 2 atom stereocenters. The highest BCUT2D eigenvalue weighted by Crippen LogP contribution is 2.36. The zero-order valence-corrected chi connectivity index (χ0v) is 12.4. The van der Waals surface area contributed by atoms with Gasteiger partial charge in [-0.15, -0.1) is 11.3 Å². The van der Waals surface area contributed by atoms with E-state index in [1.165, 1.54) is 10.4 Å². The van der Waals surface area contributed by atoms with Gasteiger partial charge in [0.2, 0.25) is 0 Å². The molecule has 2 N–H and O–H groups in total. The number of hydrogen-bond acceptors (Lipinski definition) is 4. The van der Waals surface area contributed by atoms with E-state index in [1.54, 1.807) is 0 Å². The van der Waals surface area contributed by atoms with Crippen molar-refractivity contribution in [2.45, 2.75) is 38.8 Å². The lowest BCUT2D eigenvalue weighted by atomic mass is 9.92. The van der Waals surface area contributed by atoms with Crippen molar-refractivity contribution in [1.82, 2.24) is 4.90 Å². The molecular formula is C14H24N2OS. The minimum absolute atomic E-state index is 0.0605. The summed E-state index contributed by atoms with van der Waals surface area (Å²) >= 11 is 1.88. The molecule has 1 aromatic rings. The second kappa shape index (κ2) is 5.70. The van der Waals surface area contributed by atoms with Crippen molar-refractivity contribution in [3.63, 3.8) is 0 Å². The van der Waals surface area contributed by atoms with Gasteiger partial charge in [0.25, 0.3) is 0 Å². The van der Waals surface area contributed by atoms with Gasteiger partial charge in [-0.3, -0.25) is 4.90 Å². The minimum atomic E-state index is -0.0605. The molecule has 0 fully saturated rings. The third-order valence-electron chi connectivity index (χ3n) is 4.03. The molecule has 2 rings (SSSR count). The van der Waals surface area contributed by atoms with Crippen molar-refractivity contribution in [3.8, 4) is 0 Å². The van der Waals surface area contributed by atoms with Gasteiger partial charge in [-0.05, 0) is 44.2 Å². The van der Waals surface area contributed by atoms with E-state index in [0.29, 0.717) is 19.2 Å². The molecule has 0 amide bonds. The van der Waals surface area contributed by atoms with Crippen LogP contribution in [0.4, 0.5) is 0 Å². The number of nitrogens with zero attached hydrogens (tertiary/aromatic N) is 1. The van der Waals surface area contributed by atoms with Crippen LogP contribution in [0.2, 0.25) is 0 Å². The van der Waals surface area contributed by atoms with Gasteiger partial charge in [-0.25, -0.2) is 0 Å². The summed E-state index contributed by atoms with van der Waals surface area (Å²) in [5, 5.41) is 2.20. The largest absolute Gasteiger partial charge is 0.380 e. The molecular weight excluding hydrogens is 244 g/mol. The Morgan fingerprint density at radius 2 is 2.39 bits per heavy atom. The summed E-state index contributed by atoms with van der Waals surface area (Å²) < 4.78 is 5.64. The SMILES string of the molecule is CCOCC(C)(CN)N1CCc2sccc2C1C. The average Bonchev–Trinajstić information content (AvgIpc) is 2.85. The van der Waals surface area contributed by atoms with Crippen LogP contribution in [0, 0.1) is 0 Å². The van der Waals surface area contributed by atoms with Crippen LogP contribution in [0.5, 0.6) is 0 Å². The molecule has 18 heavy (non-hydrogen) atoms. The second-order valence-electron chi connectivity index (χ2n) is 5.26. The Balaban J connectivity index is 2.18. The highest BCUT2D eigenvalue weighted by Gasteiger charge is 2.37. The Kier molecular flexibility index (Phi) is 4.43. The fraction of sp³-hybridized carbons (Fsp3) is 0.714. The van der Waals surface area contributed by atoms with Crippen molar-refractivity contribution < 1.29 is 4.74 Å². The first-order valence-electron chi connectivity index (χ1n) is 6.73. The molecule has 0 aliphatic carbocycles. The molecule has 1 aliphatic heterocycles. The van der Waals surface area contributed by atoms with Gasteiger partial charge in [0.1, 0.15) is 0 Å². The number of thiophene rings is 1. The molecule has 0 spiro atoms. The molecule has 0 bridgehead atoms. The monoisotopic (exact) mass is 268 g/mol. The summed E-state index contributed by atoms with van der Waals surface area (Å²) in [6.45, 7) is 9.71. The van der Waals surface area contributed by atoms with Crippen molar-refractivity contribution in [1.29, 1.82) is 0 Å². The zero-order valence-electron chi connectivity index (χ0n) is 11.6. The molecule has 1 aliphatic rings. The van der Waals surface area contributed by atoms with Crippen LogP contribution in [-0.2, 0) is 11.2 Å². The Hall–Kier alpha value is -0.420. The van der Waals surface area contributed by atoms with Gasteiger partial charge < -0.3 is 10.5 Å². The van der Waals surface area contributed by atoms with Crippen LogP contribution < -0.4 is 5.73 Å². The summed E-state index contributed by atoms with van der Waals surface area (Å²) in [4.78, 5) is 4.05. The summed E-state index contributed by atoms with van der Waals surface area (Å²) in [6.07, 6.45) is 1.14. The van der Waals surface area contributed by atoms with Crippen LogP contribution >= 0.6 is 11.3 Å². The smallest absolute Gasteiger partial charge is 0.0660 e. The van der Waals surface area contributed by atoms with E-state index in [2.05, 4.69) is 30.2 Å². The Labute approximate surface area is 114 Å². The first-order chi connectivity index (χ1) is 8.62. The standard InChI is InChI=1S/C14H24N2OS/c1-4-17-10-14(3,9-15)16-7-5-13-12(11(16)2)6-8-18-13/h6,8,11H,4-5,7,9-10,15H2,1-3H3. The molecule has 0 radical (unpaired) electrons. The van der Waals surface area contributed by atoms with Crippen molar-refractivity contribution in [3.05, 3.63) is 21.9 Å². The molecule has 0 saturated heterocycles. The van der Waals surface area contributed by atoms with Gasteiger partial charge in [0.05, 0.1) is 12.1 Å². The van der Waals surface area contributed by atoms with Gasteiger partial charge >= 0.3 is 0 Å². The minimum Gasteiger partial charge on any atom is -0.380 e. The fourth-order valence-corrected chi connectivity index (χ4v) is 3.79. The predicted molar refractivity (Wildman–Crippen MR) is 77.1 cm³/mol. The van der Waals surface area contributed by atoms with Crippen molar-refractivity contribution in [2.24, 2.45) is 5.73 Å². The van der Waals surface area contributed by atoms with Gasteiger partial charge in [0, 0.05) is 30.6 Å². The molecule has 1 aromatic heterocycles. The lowest BCUT2D eigenvalue weighted by Gasteiger charge is -2.46. The van der Waals surface area contributed by atoms with E-state index in [-0.39, 0.29) is 5.54 Å². The highest BCUT2D eigenvalue weighted by molar-refractivity contribution is 7.10. The number of nitrogens with two attached hydrogens (primary N) is 1.